The van der Waals surface area contributed by atoms with Gasteiger partial charge in [0.05, 0.1) is 12.3 Å². The first-order valence-electron chi connectivity index (χ1n) is 10.2. The van der Waals surface area contributed by atoms with Crippen LogP contribution in [0, 0.1) is 5.92 Å². The lowest BCUT2D eigenvalue weighted by atomic mass is 9.75. The summed E-state index contributed by atoms with van der Waals surface area (Å²) in [4.78, 5) is 30.3. The first-order valence-corrected chi connectivity index (χ1v) is 10.2. The standard InChI is InChI=1S/C22H22N2O5/c25-21(17-2-1-9-27-17)22(26)24-11-15(14-3-4-16-18(10-14)29-12-28-16)20-19(24)13-5-7-23(20)8-6-13/h1-4,9-10,13,15,19-20H,5-8,11-12H2/t15-,19+,20+/m0/s1. The molecule has 0 unspecified atom stereocenters. The van der Waals surface area contributed by atoms with Gasteiger partial charge in [0, 0.05) is 18.5 Å². The number of carbonyl (C=O) groups excluding carboxylic acids is 2. The molecule has 2 bridgehead atoms. The van der Waals surface area contributed by atoms with E-state index in [1.807, 2.05) is 17.0 Å². The minimum atomic E-state index is -0.559. The Morgan fingerprint density at radius 3 is 2.62 bits per heavy atom. The van der Waals surface area contributed by atoms with Gasteiger partial charge < -0.3 is 18.8 Å². The van der Waals surface area contributed by atoms with Gasteiger partial charge in [0.15, 0.2) is 17.3 Å². The maximum Gasteiger partial charge on any atom is 0.298 e. The number of carbonyl (C=O) groups is 2. The van der Waals surface area contributed by atoms with Gasteiger partial charge in [0.25, 0.3) is 11.7 Å². The number of piperidine rings is 3. The van der Waals surface area contributed by atoms with Crippen molar-refractivity contribution in [3.8, 4) is 11.5 Å². The first kappa shape index (κ1) is 17.1. The van der Waals surface area contributed by atoms with Gasteiger partial charge in [-0.05, 0) is 61.7 Å². The van der Waals surface area contributed by atoms with Crippen LogP contribution < -0.4 is 9.47 Å². The Hall–Kier alpha value is -2.80. The topological polar surface area (TPSA) is 72.2 Å². The van der Waals surface area contributed by atoms with Crippen molar-refractivity contribution in [1.29, 1.82) is 0 Å². The lowest BCUT2D eigenvalue weighted by molar-refractivity contribution is -0.131. The van der Waals surface area contributed by atoms with Gasteiger partial charge in [-0.2, -0.15) is 0 Å². The quantitative estimate of drug-likeness (QED) is 0.588. The van der Waals surface area contributed by atoms with Crippen molar-refractivity contribution < 1.29 is 23.5 Å². The van der Waals surface area contributed by atoms with Crippen molar-refractivity contribution in [1.82, 2.24) is 9.80 Å². The second kappa shape index (κ2) is 6.35. The highest BCUT2D eigenvalue weighted by Crippen LogP contribution is 2.48. The van der Waals surface area contributed by atoms with E-state index in [1.165, 1.54) is 6.26 Å². The number of rotatable bonds is 3. The minimum Gasteiger partial charge on any atom is -0.461 e. The Balaban J connectivity index is 1.36. The number of furan rings is 1. The highest BCUT2D eigenvalue weighted by Gasteiger charge is 2.55. The minimum absolute atomic E-state index is 0.0688. The Labute approximate surface area is 168 Å². The van der Waals surface area contributed by atoms with E-state index in [0.29, 0.717) is 12.5 Å². The number of amides is 1. The summed E-state index contributed by atoms with van der Waals surface area (Å²) in [6, 6.07) is 9.55. The van der Waals surface area contributed by atoms with Crippen LogP contribution in [0.4, 0.5) is 0 Å². The molecule has 6 heterocycles. The summed E-state index contributed by atoms with van der Waals surface area (Å²) in [6.45, 7) is 2.89. The summed E-state index contributed by atoms with van der Waals surface area (Å²) in [5.74, 6) is 1.20. The van der Waals surface area contributed by atoms with Gasteiger partial charge in [0.1, 0.15) is 0 Å². The number of benzene rings is 1. The van der Waals surface area contributed by atoms with Crippen molar-refractivity contribution in [2.45, 2.75) is 30.8 Å². The molecule has 150 valence electrons. The highest BCUT2D eigenvalue weighted by atomic mass is 16.7. The van der Waals surface area contributed by atoms with Crippen LogP contribution in [0.2, 0.25) is 0 Å². The fraction of sp³-hybridized carbons (Fsp3) is 0.455. The number of hydrogen-bond donors (Lipinski definition) is 0. The molecule has 4 saturated heterocycles. The van der Waals surface area contributed by atoms with E-state index in [0.717, 1.165) is 43.0 Å². The Morgan fingerprint density at radius 2 is 1.83 bits per heavy atom. The lowest BCUT2D eigenvalue weighted by Crippen LogP contribution is -2.61. The molecule has 0 radical (unpaired) electrons. The molecule has 29 heavy (non-hydrogen) atoms. The van der Waals surface area contributed by atoms with Crippen molar-refractivity contribution in [2.75, 3.05) is 26.4 Å². The number of ketones is 1. The van der Waals surface area contributed by atoms with Crippen molar-refractivity contribution in [3.05, 3.63) is 47.9 Å². The second-order valence-electron chi connectivity index (χ2n) is 8.34. The van der Waals surface area contributed by atoms with Crippen LogP contribution >= 0.6 is 0 Å². The fourth-order valence-electron chi connectivity index (χ4n) is 5.74. The number of likely N-dealkylation sites (tertiary alicyclic amines) is 1. The summed E-state index contributed by atoms with van der Waals surface area (Å²) >= 11 is 0. The summed E-state index contributed by atoms with van der Waals surface area (Å²) < 4.78 is 16.2. The van der Waals surface area contributed by atoms with Crippen molar-refractivity contribution in [3.63, 3.8) is 0 Å². The van der Waals surface area contributed by atoms with Crippen LogP contribution in [0.5, 0.6) is 11.5 Å². The van der Waals surface area contributed by atoms with Crippen LogP contribution in [0.3, 0.4) is 0 Å². The smallest absolute Gasteiger partial charge is 0.298 e. The molecule has 2 aromatic rings. The lowest BCUT2D eigenvalue weighted by Gasteiger charge is -2.51. The highest BCUT2D eigenvalue weighted by molar-refractivity contribution is 6.42. The zero-order chi connectivity index (χ0) is 19.5. The Kier molecular flexibility index (Phi) is 3.74. The van der Waals surface area contributed by atoms with Crippen LogP contribution in [0.25, 0.3) is 0 Å². The molecule has 7 nitrogen and oxygen atoms in total. The van der Waals surface area contributed by atoms with E-state index in [2.05, 4.69) is 11.0 Å². The molecule has 0 aliphatic carbocycles. The molecule has 0 spiro atoms. The van der Waals surface area contributed by atoms with Gasteiger partial charge in [0.2, 0.25) is 6.79 Å². The fourth-order valence-corrected chi connectivity index (χ4v) is 5.74. The number of fused-ring (bicyclic) bond motifs is 3. The number of hydrogen-bond acceptors (Lipinski definition) is 6. The van der Waals surface area contributed by atoms with Gasteiger partial charge in [-0.15, -0.1) is 0 Å². The predicted molar refractivity (Wildman–Crippen MR) is 102 cm³/mol. The molecule has 5 aliphatic rings. The molecular weight excluding hydrogens is 372 g/mol. The van der Waals surface area contributed by atoms with E-state index >= 15 is 0 Å². The number of ether oxygens (including phenoxy) is 2. The van der Waals surface area contributed by atoms with Gasteiger partial charge in [-0.3, -0.25) is 14.5 Å². The third-order valence-corrected chi connectivity index (χ3v) is 7.02. The van der Waals surface area contributed by atoms with E-state index < -0.39 is 11.7 Å². The summed E-state index contributed by atoms with van der Waals surface area (Å²) in [5.41, 5.74) is 1.14. The molecule has 0 N–H and O–H groups in total. The summed E-state index contributed by atoms with van der Waals surface area (Å²) in [7, 11) is 0. The van der Waals surface area contributed by atoms with E-state index in [1.54, 1.807) is 12.1 Å². The van der Waals surface area contributed by atoms with Gasteiger partial charge in [-0.1, -0.05) is 6.07 Å². The summed E-state index contributed by atoms with van der Waals surface area (Å²) in [5, 5.41) is 0. The molecular formula is C22H22N2O5. The second-order valence-corrected chi connectivity index (χ2v) is 8.34. The SMILES string of the molecule is O=C(C(=O)N1C[C@@H](c2ccc3c(c2)OCO3)[C@@H]2[C@H]1C1CCN2CC1)c1ccco1. The van der Waals surface area contributed by atoms with Crippen LogP contribution in [-0.4, -0.2) is 60.0 Å². The molecule has 7 rings (SSSR count). The molecule has 3 atom stereocenters. The van der Waals surface area contributed by atoms with Gasteiger partial charge >= 0.3 is 0 Å². The third kappa shape index (κ3) is 2.53. The molecule has 1 aromatic carbocycles. The largest absolute Gasteiger partial charge is 0.461 e. The van der Waals surface area contributed by atoms with Gasteiger partial charge in [-0.25, -0.2) is 0 Å². The summed E-state index contributed by atoms with van der Waals surface area (Å²) in [6.07, 6.45) is 3.58. The zero-order valence-electron chi connectivity index (χ0n) is 16.0. The molecule has 0 saturated carbocycles. The van der Waals surface area contributed by atoms with E-state index in [9.17, 15) is 9.59 Å². The Bertz CT molecular complexity index is 964. The zero-order valence-corrected chi connectivity index (χ0v) is 16.0. The number of nitrogens with zero attached hydrogens (tertiary/aromatic N) is 2. The average molecular weight is 394 g/mol. The maximum atomic E-state index is 13.2. The predicted octanol–water partition coefficient (Wildman–Crippen LogP) is 2.28. The van der Waals surface area contributed by atoms with E-state index in [4.69, 9.17) is 13.9 Å². The Morgan fingerprint density at radius 1 is 1.00 bits per heavy atom. The molecule has 1 amide bonds. The van der Waals surface area contributed by atoms with Crippen molar-refractivity contribution in [2.24, 2.45) is 5.92 Å². The van der Waals surface area contributed by atoms with Crippen molar-refractivity contribution >= 4 is 11.7 Å². The van der Waals surface area contributed by atoms with Crippen LogP contribution in [0.15, 0.2) is 41.0 Å². The normalized spacial score (nSPS) is 31.7. The van der Waals surface area contributed by atoms with Crippen LogP contribution in [-0.2, 0) is 4.79 Å². The average Bonchev–Trinajstić information content (AvgIpc) is 3.52. The van der Waals surface area contributed by atoms with E-state index in [-0.39, 0.29) is 30.6 Å². The monoisotopic (exact) mass is 394 g/mol. The number of Topliss-reactive ketones (excluding diaryl/α,β-unsaturated/α-hetero) is 1. The molecule has 5 aliphatic heterocycles. The first-order chi connectivity index (χ1) is 14.2. The molecule has 4 fully saturated rings. The van der Waals surface area contributed by atoms with Crippen LogP contribution in [0.1, 0.15) is 34.9 Å². The third-order valence-electron chi connectivity index (χ3n) is 7.02. The maximum absolute atomic E-state index is 13.2. The molecule has 1 aromatic heterocycles. The molecule has 7 heteroatoms.